The number of nitrogens with two attached hydrogens (primary N) is 1. The molecule has 1 fully saturated rings. The Kier molecular flexibility index (Phi) is 5.12. The molecule has 1 aliphatic carbocycles. The van der Waals surface area contributed by atoms with Crippen molar-refractivity contribution in [2.24, 2.45) is 11.7 Å². The van der Waals surface area contributed by atoms with Crippen LogP contribution in [0.25, 0.3) is 0 Å². The highest BCUT2D eigenvalue weighted by molar-refractivity contribution is 4.95. The first-order valence-corrected chi connectivity index (χ1v) is 6.27. The first-order chi connectivity index (χ1) is 7.54. The molecule has 16 heavy (non-hydrogen) atoms. The van der Waals surface area contributed by atoms with Gasteiger partial charge in [0.1, 0.15) is 0 Å². The summed E-state index contributed by atoms with van der Waals surface area (Å²) in [6.45, 7) is 5.16. The van der Waals surface area contributed by atoms with E-state index in [0.29, 0.717) is 19.0 Å². The van der Waals surface area contributed by atoms with Gasteiger partial charge in [0, 0.05) is 12.1 Å². The Labute approximate surface area is 97.2 Å². The third-order valence-electron chi connectivity index (χ3n) is 3.86. The lowest BCUT2D eigenvalue weighted by Gasteiger charge is -2.47. The van der Waals surface area contributed by atoms with Gasteiger partial charge in [-0.2, -0.15) is 0 Å². The van der Waals surface area contributed by atoms with Crippen LogP contribution in [-0.2, 0) is 0 Å². The molecule has 96 valence electrons. The molecule has 2 N–H and O–H groups in total. The molecule has 2 atom stereocenters. The Balaban J connectivity index is 2.74. The van der Waals surface area contributed by atoms with Crippen LogP contribution in [0, 0.1) is 5.92 Å². The van der Waals surface area contributed by atoms with Crippen molar-refractivity contribution in [2.45, 2.75) is 51.5 Å². The fraction of sp³-hybridized carbons (Fsp3) is 1.00. The molecule has 0 bridgehead atoms. The highest BCUT2D eigenvalue weighted by Gasteiger charge is 2.39. The maximum absolute atomic E-state index is 12.5. The SMILES string of the molecule is CCN(CC(F)F)C1(CN)CCCC(C)C1. The monoisotopic (exact) mass is 234 g/mol. The molecule has 4 heteroatoms. The molecule has 0 aliphatic heterocycles. The molecule has 0 saturated heterocycles. The predicted molar refractivity (Wildman–Crippen MR) is 62.7 cm³/mol. The molecule has 0 radical (unpaired) electrons. The van der Waals surface area contributed by atoms with Crippen LogP contribution in [0.15, 0.2) is 0 Å². The van der Waals surface area contributed by atoms with Gasteiger partial charge in [0.2, 0.25) is 0 Å². The van der Waals surface area contributed by atoms with Crippen LogP contribution in [0.3, 0.4) is 0 Å². The number of hydrogen-bond acceptors (Lipinski definition) is 2. The Bertz CT molecular complexity index is 211. The van der Waals surface area contributed by atoms with E-state index in [9.17, 15) is 8.78 Å². The molecule has 1 aliphatic rings. The van der Waals surface area contributed by atoms with E-state index in [-0.39, 0.29) is 12.1 Å². The smallest absolute Gasteiger partial charge is 0.251 e. The fourth-order valence-corrected chi connectivity index (χ4v) is 3.06. The van der Waals surface area contributed by atoms with E-state index < -0.39 is 6.43 Å². The molecule has 0 spiro atoms. The van der Waals surface area contributed by atoms with E-state index in [0.717, 1.165) is 19.3 Å². The summed E-state index contributed by atoms with van der Waals surface area (Å²) in [5.74, 6) is 0.601. The lowest BCUT2D eigenvalue weighted by molar-refractivity contribution is -0.00407. The number of likely N-dealkylation sites (N-methyl/N-ethyl adjacent to an activating group) is 1. The second kappa shape index (κ2) is 5.92. The second-order valence-electron chi connectivity index (χ2n) is 5.06. The quantitative estimate of drug-likeness (QED) is 0.792. The van der Waals surface area contributed by atoms with Crippen molar-refractivity contribution >= 4 is 0 Å². The van der Waals surface area contributed by atoms with Gasteiger partial charge in [-0.25, -0.2) is 8.78 Å². The molecular formula is C12H24F2N2. The predicted octanol–water partition coefficient (Wildman–Crippen LogP) is 2.48. The first-order valence-electron chi connectivity index (χ1n) is 6.27. The minimum atomic E-state index is -2.26. The molecule has 0 aromatic rings. The van der Waals surface area contributed by atoms with E-state index in [4.69, 9.17) is 5.73 Å². The van der Waals surface area contributed by atoms with Gasteiger partial charge in [-0.05, 0) is 25.3 Å². The Morgan fingerprint density at radius 1 is 1.50 bits per heavy atom. The van der Waals surface area contributed by atoms with Crippen LogP contribution in [0.5, 0.6) is 0 Å². The van der Waals surface area contributed by atoms with E-state index in [1.54, 1.807) is 0 Å². The van der Waals surface area contributed by atoms with Gasteiger partial charge in [-0.1, -0.05) is 26.7 Å². The van der Waals surface area contributed by atoms with Gasteiger partial charge in [0.25, 0.3) is 6.43 Å². The average molecular weight is 234 g/mol. The zero-order valence-electron chi connectivity index (χ0n) is 10.4. The normalized spacial score (nSPS) is 31.3. The molecule has 2 unspecified atom stereocenters. The van der Waals surface area contributed by atoms with Crippen LogP contribution in [0.1, 0.15) is 39.5 Å². The van der Waals surface area contributed by atoms with Gasteiger partial charge < -0.3 is 5.73 Å². The fourth-order valence-electron chi connectivity index (χ4n) is 3.06. The lowest BCUT2D eigenvalue weighted by atomic mass is 9.75. The summed E-state index contributed by atoms with van der Waals surface area (Å²) in [5.41, 5.74) is 5.69. The maximum atomic E-state index is 12.5. The number of nitrogens with zero attached hydrogens (tertiary/aromatic N) is 1. The summed E-state index contributed by atoms with van der Waals surface area (Å²) in [5, 5.41) is 0. The summed E-state index contributed by atoms with van der Waals surface area (Å²) in [6.07, 6.45) is 1.98. The van der Waals surface area contributed by atoms with Gasteiger partial charge in [-0.15, -0.1) is 0 Å². The third-order valence-corrected chi connectivity index (χ3v) is 3.86. The molecule has 0 aromatic heterocycles. The zero-order valence-corrected chi connectivity index (χ0v) is 10.4. The zero-order chi connectivity index (χ0) is 12.2. The van der Waals surface area contributed by atoms with Crippen LogP contribution in [-0.4, -0.2) is 36.5 Å². The Hall–Kier alpha value is -0.220. The molecular weight excluding hydrogens is 210 g/mol. The summed E-state index contributed by atoms with van der Waals surface area (Å²) >= 11 is 0. The molecule has 1 rings (SSSR count). The lowest BCUT2D eigenvalue weighted by Crippen LogP contribution is -2.57. The first kappa shape index (κ1) is 13.8. The van der Waals surface area contributed by atoms with Crippen molar-refractivity contribution in [1.29, 1.82) is 0 Å². The third kappa shape index (κ3) is 3.14. The van der Waals surface area contributed by atoms with E-state index >= 15 is 0 Å². The van der Waals surface area contributed by atoms with Crippen molar-refractivity contribution in [3.05, 3.63) is 0 Å². The molecule has 0 aromatic carbocycles. The number of hydrogen-bond donors (Lipinski definition) is 1. The van der Waals surface area contributed by atoms with E-state index in [1.165, 1.54) is 6.42 Å². The van der Waals surface area contributed by atoms with Crippen molar-refractivity contribution in [3.8, 4) is 0 Å². The Morgan fingerprint density at radius 3 is 2.62 bits per heavy atom. The molecule has 2 nitrogen and oxygen atoms in total. The van der Waals surface area contributed by atoms with Crippen molar-refractivity contribution in [1.82, 2.24) is 4.90 Å². The van der Waals surface area contributed by atoms with Crippen LogP contribution >= 0.6 is 0 Å². The van der Waals surface area contributed by atoms with Gasteiger partial charge in [-0.3, -0.25) is 4.90 Å². The van der Waals surface area contributed by atoms with Gasteiger partial charge in [0.15, 0.2) is 0 Å². The Morgan fingerprint density at radius 2 is 2.19 bits per heavy atom. The average Bonchev–Trinajstić information content (AvgIpc) is 2.25. The highest BCUT2D eigenvalue weighted by atomic mass is 19.3. The highest BCUT2D eigenvalue weighted by Crippen LogP contribution is 2.36. The van der Waals surface area contributed by atoms with Crippen LogP contribution < -0.4 is 5.73 Å². The number of rotatable bonds is 5. The summed E-state index contributed by atoms with van der Waals surface area (Å²) in [4.78, 5) is 1.90. The molecule has 0 heterocycles. The second-order valence-corrected chi connectivity index (χ2v) is 5.06. The van der Waals surface area contributed by atoms with Crippen molar-refractivity contribution in [3.63, 3.8) is 0 Å². The summed E-state index contributed by atoms with van der Waals surface area (Å²) in [7, 11) is 0. The van der Waals surface area contributed by atoms with Crippen LogP contribution in [0.2, 0.25) is 0 Å². The van der Waals surface area contributed by atoms with E-state index in [1.807, 2.05) is 11.8 Å². The van der Waals surface area contributed by atoms with Crippen LogP contribution in [0.4, 0.5) is 8.78 Å². The number of alkyl halides is 2. The van der Waals surface area contributed by atoms with Gasteiger partial charge >= 0.3 is 0 Å². The molecule has 0 amide bonds. The van der Waals surface area contributed by atoms with Crippen molar-refractivity contribution < 1.29 is 8.78 Å². The van der Waals surface area contributed by atoms with Crippen molar-refractivity contribution in [2.75, 3.05) is 19.6 Å². The number of halogens is 2. The summed E-state index contributed by atoms with van der Waals surface area (Å²) < 4.78 is 25.1. The summed E-state index contributed by atoms with van der Waals surface area (Å²) in [6, 6.07) is 0. The largest absolute Gasteiger partial charge is 0.329 e. The standard InChI is InChI=1S/C12H24F2N2/c1-3-16(8-11(13)14)12(9-15)6-4-5-10(2)7-12/h10-11H,3-9,15H2,1-2H3. The minimum absolute atomic E-state index is 0.138. The maximum Gasteiger partial charge on any atom is 0.251 e. The minimum Gasteiger partial charge on any atom is -0.329 e. The topological polar surface area (TPSA) is 29.3 Å². The van der Waals surface area contributed by atoms with E-state index in [2.05, 4.69) is 6.92 Å². The van der Waals surface area contributed by atoms with Gasteiger partial charge in [0.05, 0.1) is 6.54 Å². The molecule has 1 saturated carbocycles.